The summed E-state index contributed by atoms with van der Waals surface area (Å²) in [7, 11) is 0. The van der Waals surface area contributed by atoms with Gasteiger partial charge in [0.1, 0.15) is 5.01 Å². The Morgan fingerprint density at radius 1 is 1.44 bits per heavy atom. The van der Waals surface area contributed by atoms with Crippen LogP contribution >= 0.6 is 11.3 Å². The molecular formula is C11H13N3OS. The number of aryl methyl sites for hydroxylation is 2. The molecule has 0 bridgehead atoms. The monoisotopic (exact) mass is 235 g/mol. The van der Waals surface area contributed by atoms with E-state index < -0.39 is 0 Å². The summed E-state index contributed by atoms with van der Waals surface area (Å²) in [5.74, 6) is 0. The third kappa shape index (κ3) is 2.14. The molecule has 2 N–H and O–H groups in total. The molecule has 2 heterocycles. The highest BCUT2D eigenvalue weighted by atomic mass is 32.1. The molecule has 5 heteroatoms. The first-order chi connectivity index (χ1) is 7.56. The normalized spacial score (nSPS) is 10.6. The van der Waals surface area contributed by atoms with Crippen LogP contribution in [0.2, 0.25) is 0 Å². The molecule has 0 spiro atoms. The number of nitrogens with two attached hydrogens (primary N) is 1. The molecule has 2 rings (SSSR count). The van der Waals surface area contributed by atoms with Crippen LogP contribution in [0.3, 0.4) is 0 Å². The summed E-state index contributed by atoms with van der Waals surface area (Å²) in [4.78, 5) is 17.1. The molecule has 0 aromatic carbocycles. The maximum absolute atomic E-state index is 11.6. The van der Waals surface area contributed by atoms with Crippen molar-refractivity contribution in [1.82, 2.24) is 9.55 Å². The van der Waals surface area contributed by atoms with E-state index in [0.29, 0.717) is 12.2 Å². The van der Waals surface area contributed by atoms with Crippen molar-refractivity contribution < 1.29 is 0 Å². The predicted octanol–water partition coefficient (Wildman–Crippen LogP) is 1.55. The van der Waals surface area contributed by atoms with Crippen molar-refractivity contribution in [2.45, 2.75) is 20.4 Å². The lowest BCUT2D eigenvalue weighted by Crippen LogP contribution is -2.19. The van der Waals surface area contributed by atoms with Crippen molar-refractivity contribution in [2.24, 2.45) is 0 Å². The molecule has 0 aliphatic heterocycles. The second kappa shape index (κ2) is 4.09. The minimum Gasteiger partial charge on any atom is -0.398 e. The lowest BCUT2D eigenvalue weighted by atomic mass is 10.4. The Hall–Kier alpha value is -1.62. The number of aromatic nitrogens is 2. The van der Waals surface area contributed by atoms with E-state index in [1.807, 2.05) is 13.8 Å². The lowest BCUT2D eigenvalue weighted by molar-refractivity contribution is 0.754. The molecule has 16 heavy (non-hydrogen) atoms. The van der Waals surface area contributed by atoms with E-state index in [0.717, 1.165) is 10.7 Å². The van der Waals surface area contributed by atoms with Gasteiger partial charge in [-0.15, -0.1) is 11.3 Å². The summed E-state index contributed by atoms with van der Waals surface area (Å²) in [6.45, 7) is 4.49. The highest BCUT2D eigenvalue weighted by Crippen LogP contribution is 2.17. The quantitative estimate of drug-likeness (QED) is 0.859. The summed E-state index contributed by atoms with van der Waals surface area (Å²) in [5, 5.41) is 0.933. The molecule has 0 atom stereocenters. The van der Waals surface area contributed by atoms with Gasteiger partial charge in [-0.1, -0.05) is 0 Å². The molecule has 0 unspecified atom stereocenters. The Bertz CT molecular complexity index is 551. The fourth-order valence-corrected chi connectivity index (χ4v) is 2.36. The van der Waals surface area contributed by atoms with Gasteiger partial charge >= 0.3 is 0 Å². The average Bonchev–Trinajstić information content (AvgIpc) is 2.52. The number of nitrogens with zero attached hydrogens (tertiary/aromatic N) is 2. The second-order valence-electron chi connectivity index (χ2n) is 3.68. The van der Waals surface area contributed by atoms with Crippen LogP contribution in [0.5, 0.6) is 0 Å². The first kappa shape index (κ1) is 10.9. The third-order valence-corrected chi connectivity index (χ3v) is 3.44. The molecule has 0 saturated carbocycles. The van der Waals surface area contributed by atoms with Crippen molar-refractivity contribution in [3.8, 4) is 0 Å². The van der Waals surface area contributed by atoms with Crippen molar-refractivity contribution in [3.63, 3.8) is 0 Å². The maximum Gasteiger partial charge on any atom is 0.251 e. The number of thiazole rings is 1. The molecule has 4 nitrogen and oxygen atoms in total. The molecule has 0 saturated heterocycles. The second-order valence-corrected chi connectivity index (χ2v) is 4.97. The zero-order chi connectivity index (χ0) is 11.7. The Balaban J connectivity index is 2.33. The van der Waals surface area contributed by atoms with E-state index in [1.165, 1.54) is 10.9 Å². The van der Waals surface area contributed by atoms with Crippen LogP contribution in [0.15, 0.2) is 23.1 Å². The molecule has 0 aliphatic carbocycles. The molecule has 0 radical (unpaired) electrons. The molecule has 0 aliphatic rings. The maximum atomic E-state index is 11.6. The lowest BCUT2D eigenvalue weighted by Gasteiger charge is -2.03. The van der Waals surface area contributed by atoms with Crippen LogP contribution in [0.25, 0.3) is 0 Å². The number of rotatable bonds is 2. The van der Waals surface area contributed by atoms with E-state index in [9.17, 15) is 4.79 Å². The zero-order valence-corrected chi connectivity index (χ0v) is 10.0. The van der Waals surface area contributed by atoms with Gasteiger partial charge in [0.05, 0.1) is 12.2 Å². The summed E-state index contributed by atoms with van der Waals surface area (Å²) in [6.07, 6.45) is 1.65. The van der Waals surface area contributed by atoms with Gasteiger partial charge < -0.3 is 10.3 Å². The molecule has 0 amide bonds. The van der Waals surface area contributed by atoms with Gasteiger partial charge in [-0.25, -0.2) is 4.98 Å². The van der Waals surface area contributed by atoms with E-state index in [2.05, 4.69) is 4.98 Å². The molecule has 2 aromatic rings. The minimum atomic E-state index is -0.0558. The number of anilines is 1. The molecule has 84 valence electrons. The first-order valence-electron chi connectivity index (χ1n) is 4.95. The fourth-order valence-electron chi connectivity index (χ4n) is 1.43. The van der Waals surface area contributed by atoms with E-state index in [1.54, 1.807) is 28.2 Å². The van der Waals surface area contributed by atoms with Crippen LogP contribution in [0.4, 0.5) is 5.69 Å². The van der Waals surface area contributed by atoms with Crippen LogP contribution in [-0.4, -0.2) is 9.55 Å². The fraction of sp³-hybridized carbons (Fsp3) is 0.273. The third-order valence-electron chi connectivity index (χ3n) is 2.38. The highest BCUT2D eigenvalue weighted by Gasteiger charge is 2.05. The number of hydrogen-bond donors (Lipinski definition) is 1. The van der Waals surface area contributed by atoms with Gasteiger partial charge in [-0.3, -0.25) is 4.79 Å². The molecular weight excluding hydrogens is 222 g/mol. The van der Waals surface area contributed by atoms with Crippen LogP contribution in [-0.2, 0) is 6.54 Å². The van der Waals surface area contributed by atoms with Crippen LogP contribution in [0, 0.1) is 13.8 Å². The Morgan fingerprint density at radius 2 is 2.19 bits per heavy atom. The summed E-state index contributed by atoms with van der Waals surface area (Å²) in [6, 6.07) is 3.08. The summed E-state index contributed by atoms with van der Waals surface area (Å²) in [5.41, 5.74) is 7.20. The van der Waals surface area contributed by atoms with Crippen molar-refractivity contribution in [3.05, 3.63) is 44.3 Å². The van der Waals surface area contributed by atoms with E-state index in [4.69, 9.17) is 5.73 Å². The minimum absolute atomic E-state index is 0.0558. The van der Waals surface area contributed by atoms with Gasteiger partial charge in [-0.2, -0.15) is 0 Å². The van der Waals surface area contributed by atoms with Crippen molar-refractivity contribution >= 4 is 17.0 Å². The van der Waals surface area contributed by atoms with Gasteiger partial charge in [-0.05, 0) is 19.9 Å². The van der Waals surface area contributed by atoms with E-state index in [-0.39, 0.29) is 5.56 Å². The molecule has 2 aromatic heterocycles. The van der Waals surface area contributed by atoms with Crippen molar-refractivity contribution in [2.75, 3.05) is 5.73 Å². The highest BCUT2D eigenvalue weighted by molar-refractivity contribution is 7.11. The van der Waals surface area contributed by atoms with Crippen molar-refractivity contribution in [1.29, 1.82) is 0 Å². The molecule has 0 fully saturated rings. The Kier molecular flexibility index (Phi) is 2.78. The number of hydrogen-bond acceptors (Lipinski definition) is 4. The zero-order valence-electron chi connectivity index (χ0n) is 9.23. The van der Waals surface area contributed by atoms with Gasteiger partial charge in [0, 0.05) is 22.8 Å². The smallest absolute Gasteiger partial charge is 0.251 e. The van der Waals surface area contributed by atoms with Gasteiger partial charge in [0.2, 0.25) is 0 Å². The standard InChI is InChI=1S/C11H13N3OS/c1-7-8(2)16-10(13-7)6-14-5-9(12)3-4-11(14)15/h3-5H,6,12H2,1-2H3. The summed E-state index contributed by atoms with van der Waals surface area (Å²) >= 11 is 1.61. The van der Waals surface area contributed by atoms with Gasteiger partial charge in [0.25, 0.3) is 5.56 Å². The Morgan fingerprint density at radius 3 is 2.81 bits per heavy atom. The first-order valence-corrected chi connectivity index (χ1v) is 5.77. The van der Waals surface area contributed by atoms with Gasteiger partial charge in [0.15, 0.2) is 0 Å². The number of pyridine rings is 1. The topological polar surface area (TPSA) is 60.9 Å². The van der Waals surface area contributed by atoms with Crippen LogP contribution < -0.4 is 11.3 Å². The predicted molar refractivity (Wildman–Crippen MR) is 65.8 cm³/mol. The Labute approximate surface area is 97.4 Å². The van der Waals surface area contributed by atoms with E-state index >= 15 is 0 Å². The SMILES string of the molecule is Cc1nc(Cn2cc(N)ccc2=O)sc1C. The largest absolute Gasteiger partial charge is 0.398 e. The summed E-state index contributed by atoms with van der Waals surface area (Å²) < 4.78 is 1.58. The number of nitrogen functional groups attached to an aromatic ring is 1. The average molecular weight is 235 g/mol. The van der Waals surface area contributed by atoms with Crippen LogP contribution in [0.1, 0.15) is 15.6 Å².